The number of carbonyl (C=O) groups excluding carboxylic acids is 1. The number of hydrogen-bond donors (Lipinski definition) is 1. The Kier molecular flexibility index (Phi) is 6.71. The van der Waals surface area contributed by atoms with Crippen LogP contribution in [0, 0.1) is 5.82 Å². The number of rotatable bonds is 5. The van der Waals surface area contributed by atoms with E-state index in [0.29, 0.717) is 18.8 Å². The molecule has 1 aliphatic rings. The number of carbonyl (C=O) groups is 1. The van der Waals surface area contributed by atoms with Crippen molar-refractivity contribution in [2.45, 2.75) is 51.9 Å². The number of anilines is 1. The van der Waals surface area contributed by atoms with Crippen LogP contribution in [0.1, 0.15) is 45.7 Å². The Balaban J connectivity index is 1.55. The molecule has 1 aromatic carbocycles. The average Bonchev–Trinajstić information content (AvgIpc) is 3.11. The lowest BCUT2D eigenvalue weighted by atomic mass is 10.1. The molecule has 1 amide bonds. The normalized spacial score (nSPS) is 17.5. The Morgan fingerprint density at radius 2 is 2.00 bits per heavy atom. The zero-order valence-corrected chi connectivity index (χ0v) is 18.4. The first-order chi connectivity index (χ1) is 14.1. The molecule has 30 heavy (non-hydrogen) atoms. The standard InChI is InChI=1S/C22H27ClFN3O3/c1-14(26-21(28)30-22(2,3)4)15-5-7-16(8-6-15)29-17-10-12-27(13-17)18-9-11-25-20(23)19(18)24/h5-9,11,14,17H,10,12-13H2,1-4H3,(H,26,28)/t14-,17+/m0/s1. The number of pyridine rings is 1. The third-order valence-corrected chi connectivity index (χ3v) is 4.99. The summed E-state index contributed by atoms with van der Waals surface area (Å²) in [5, 5.41) is 2.70. The number of ether oxygens (including phenoxy) is 2. The van der Waals surface area contributed by atoms with E-state index in [1.165, 1.54) is 6.20 Å². The highest BCUT2D eigenvalue weighted by Crippen LogP contribution is 2.28. The average molecular weight is 436 g/mol. The third-order valence-electron chi connectivity index (χ3n) is 4.73. The summed E-state index contributed by atoms with van der Waals surface area (Å²) in [6.45, 7) is 8.61. The molecule has 0 unspecified atom stereocenters. The van der Waals surface area contributed by atoms with Gasteiger partial charge >= 0.3 is 6.09 Å². The van der Waals surface area contributed by atoms with Gasteiger partial charge in [-0.3, -0.25) is 0 Å². The van der Waals surface area contributed by atoms with Crippen LogP contribution in [0.2, 0.25) is 5.15 Å². The van der Waals surface area contributed by atoms with Gasteiger partial charge in [0, 0.05) is 19.2 Å². The lowest BCUT2D eigenvalue weighted by Gasteiger charge is -2.22. The smallest absolute Gasteiger partial charge is 0.408 e. The predicted molar refractivity (Wildman–Crippen MR) is 115 cm³/mol. The molecule has 1 fully saturated rings. The van der Waals surface area contributed by atoms with Gasteiger partial charge in [0.2, 0.25) is 0 Å². The van der Waals surface area contributed by atoms with Crippen molar-refractivity contribution in [3.8, 4) is 5.75 Å². The van der Waals surface area contributed by atoms with Gasteiger partial charge in [0.25, 0.3) is 0 Å². The van der Waals surface area contributed by atoms with Crippen molar-refractivity contribution in [3.63, 3.8) is 0 Å². The predicted octanol–water partition coefficient (Wildman–Crippen LogP) is 5.12. The Labute approximate surface area is 181 Å². The van der Waals surface area contributed by atoms with Crippen molar-refractivity contribution in [3.05, 3.63) is 53.1 Å². The fourth-order valence-corrected chi connectivity index (χ4v) is 3.44. The number of nitrogens with zero attached hydrogens (tertiary/aromatic N) is 2. The molecule has 1 N–H and O–H groups in total. The highest BCUT2D eigenvalue weighted by Gasteiger charge is 2.27. The van der Waals surface area contributed by atoms with Crippen molar-refractivity contribution < 1.29 is 18.7 Å². The first kappa shape index (κ1) is 22.2. The van der Waals surface area contributed by atoms with E-state index in [4.69, 9.17) is 21.1 Å². The molecule has 8 heteroatoms. The van der Waals surface area contributed by atoms with Crippen molar-refractivity contribution in [2.75, 3.05) is 18.0 Å². The molecule has 6 nitrogen and oxygen atoms in total. The second-order valence-corrected chi connectivity index (χ2v) is 8.70. The van der Waals surface area contributed by atoms with Crippen LogP contribution in [0.4, 0.5) is 14.9 Å². The number of benzene rings is 1. The molecule has 3 rings (SSSR count). The van der Waals surface area contributed by atoms with Crippen molar-refractivity contribution in [1.82, 2.24) is 10.3 Å². The molecular weight excluding hydrogens is 409 g/mol. The summed E-state index contributed by atoms with van der Waals surface area (Å²) in [7, 11) is 0. The highest BCUT2D eigenvalue weighted by molar-refractivity contribution is 6.29. The fourth-order valence-electron chi connectivity index (χ4n) is 3.29. The summed E-state index contributed by atoms with van der Waals surface area (Å²) >= 11 is 5.78. The number of alkyl carbamates (subject to hydrolysis) is 1. The number of hydrogen-bond acceptors (Lipinski definition) is 5. The Hall–Kier alpha value is -2.54. The molecule has 2 atom stereocenters. The molecule has 2 heterocycles. The summed E-state index contributed by atoms with van der Waals surface area (Å²) < 4.78 is 25.5. The van der Waals surface area contributed by atoms with Crippen LogP contribution >= 0.6 is 11.6 Å². The summed E-state index contributed by atoms with van der Waals surface area (Å²) in [5.41, 5.74) is 0.842. The van der Waals surface area contributed by atoms with Crippen LogP contribution in [-0.2, 0) is 4.74 Å². The molecular formula is C22H27ClFN3O3. The number of halogens is 2. The maximum Gasteiger partial charge on any atom is 0.408 e. The maximum absolute atomic E-state index is 14.2. The molecule has 162 valence electrons. The van der Waals surface area contributed by atoms with Gasteiger partial charge in [0.15, 0.2) is 11.0 Å². The first-order valence-electron chi connectivity index (χ1n) is 9.93. The van der Waals surface area contributed by atoms with Crippen LogP contribution in [0.25, 0.3) is 0 Å². The van der Waals surface area contributed by atoms with Crippen LogP contribution in [0.3, 0.4) is 0 Å². The summed E-state index contributed by atoms with van der Waals surface area (Å²) in [6.07, 6.45) is 1.77. The molecule has 0 radical (unpaired) electrons. The van der Waals surface area contributed by atoms with E-state index in [2.05, 4.69) is 10.3 Å². The highest BCUT2D eigenvalue weighted by atomic mass is 35.5. The van der Waals surface area contributed by atoms with Gasteiger partial charge in [-0.15, -0.1) is 0 Å². The van der Waals surface area contributed by atoms with Gasteiger partial charge in [-0.25, -0.2) is 14.2 Å². The topological polar surface area (TPSA) is 63.7 Å². The Bertz CT molecular complexity index is 886. The maximum atomic E-state index is 14.2. The number of nitrogens with one attached hydrogen (secondary N) is 1. The number of amides is 1. The third kappa shape index (κ3) is 5.75. The van der Waals surface area contributed by atoms with Gasteiger partial charge in [0.05, 0.1) is 18.3 Å². The Morgan fingerprint density at radius 3 is 2.67 bits per heavy atom. The zero-order valence-electron chi connectivity index (χ0n) is 17.6. The summed E-state index contributed by atoms with van der Waals surface area (Å²) in [5.74, 6) is 0.221. The van der Waals surface area contributed by atoms with E-state index in [9.17, 15) is 9.18 Å². The fraction of sp³-hybridized carbons (Fsp3) is 0.455. The number of aromatic nitrogens is 1. The van der Waals surface area contributed by atoms with E-state index >= 15 is 0 Å². The minimum absolute atomic E-state index is 0.0560. The van der Waals surface area contributed by atoms with Crippen LogP contribution in [0.5, 0.6) is 5.75 Å². The Morgan fingerprint density at radius 1 is 1.30 bits per heavy atom. The van der Waals surface area contributed by atoms with Crippen LogP contribution in [0.15, 0.2) is 36.5 Å². The van der Waals surface area contributed by atoms with Gasteiger partial charge < -0.3 is 19.7 Å². The SMILES string of the molecule is C[C@H](NC(=O)OC(C)(C)C)c1ccc(O[C@@H]2CCN(c3ccnc(Cl)c3F)C2)cc1. The molecule has 0 saturated carbocycles. The summed E-state index contributed by atoms with van der Waals surface area (Å²) in [6, 6.07) is 8.98. The van der Waals surface area contributed by atoms with E-state index in [1.807, 2.05) is 56.9 Å². The van der Waals surface area contributed by atoms with Crippen molar-refractivity contribution in [1.29, 1.82) is 0 Å². The second-order valence-electron chi connectivity index (χ2n) is 8.35. The molecule has 1 aliphatic heterocycles. The molecule has 0 aliphatic carbocycles. The van der Waals surface area contributed by atoms with Crippen molar-refractivity contribution >= 4 is 23.4 Å². The van der Waals surface area contributed by atoms with E-state index < -0.39 is 17.5 Å². The first-order valence-corrected chi connectivity index (χ1v) is 10.3. The van der Waals surface area contributed by atoms with Crippen molar-refractivity contribution in [2.24, 2.45) is 0 Å². The molecule has 0 bridgehead atoms. The quantitative estimate of drug-likeness (QED) is 0.660. The van der Waals surface area contributed by atoms with Crippen LogP contribution in [-0.4, -0.2) is 35.9 Å². The minimum Gasteiger partial charge on any atom is -0.489 e. The van der Waals surface area contributed by atoms with Crippen LogP contribution < -0.4 is 15.0 Å². The minimum atomic E-state index is -0.540. The summed E-state index contributed by atoms with van der Waals surface area (Å²) in [4.78, 5) is 17.6. The second kappa shape index (κ2) is 9.08. The van der Waals surface area contributed by atoms with Gasteiger partial charge in [-0.2, -0.15) is 0 Å². The monoisotopic (exact) mass is 435 g/mol. The lowest BCUT2D eigenvalue weighted by Crippen LogP contribution is -2.34. The molecule has 1 saturated heterocycles. The molecule has 2 aromatic rings. The molecule has 1 aromatic heterocycles. The van der Waals surface area contributed by atoms with Gasteiger partial charge in [0.1, 0.15) is 17.5 Å². The van der Waals surface area contributed by atoms with E-state index in [0.717, 1.165) is 17.7 Å². The largest absolute Gasteiger partial charge is 0.489 e. The molecule has 0 spiro atoms. The zero-order chi connectivity index (χ0) is 21.9. The van der Waals surface area contributed by atoms with E-state index in [-0.39, 0.29) is 17.3 Å². The lowest BCUT2D eigenvalue weighted by molar-refractivity contribution is 0.0508. The van der Waals surface area contributed by atoms with Gasteiger partial charge in [-0.1, -0.05) is 23.7 Å². The van der Waals surface area contributed by atoms with Gasteiger partial charge in [-0.05, 0) is 51.5 Å². The van der Waals surface area contributed by atoms with E-state index in [1.54, 1.807) is 6.07 Å².